The first-order valence-electron chi connectivity index (χ1n) is 29.1. The van der Waals surface area contributed by atoms with Crippen LogP contribution in [0.3, 0.4) is 0 Å². The van der Waals surface area contributed by atoms with Crippen molar-refractivity contribution in [2.24, 2.45) is 21.7 Å². The molecule has 4 aromatic rings. The second kappa shape index (κ2) is 55.2. The molecule has 4 rings (SSSR count). The standard InChI is InChI=1S/C15H13F3.C14H11F3.4C6H14.8C2H6/c1-14(15(16,17)18,12-8-4-2-5-9-12)13-10-6-3-7-11-13;1-10-6-2-3-7-11(10)12-8-4-5-9-13(12)14(15,16)17;4*1-5-6(2,3)4;8*1-2/h2-11H,1H3;2-9H,1H3;4*5H2,1-4H3;8*1-2H3. The topological polar surface area (TPSA) is 0 Å². The lowest BCUT2D eigenvalue weighted by molar-refractivity contribution is -0.173. The molecule has 0 saturated heterocycles. The normalized spacial score (nSPS) is 10.1. The molecular formula is C69H128F6. The number of aryl methyl sites for hydroxylation is 1. The van der Waals surface area contributed by atoms with Gasteiger partial charge in [-0.25, -0.2) is 0 Å². The van der Waals surface area contributed by atoms with Gasteiger partial charge >= 0.3 is 12.4 Å². The molecule has 0 aliphatic carbocycles. The highest BCUT2D eigenvalue weighted by Crippen LogP contribution is 2.46. The summed E-state index contributed by atoms with van der Waals surface area (Å²) in [5, 5.41) is 0. The Balaban J connectivity index is -0.0000000848. The molecule has 0 amide bonds. The molecule has 0 atom stereocenters. The smallest absolute Gasteiger partial charge is 0.170 e. The minimum Gasteiger partial charge on any atom is -0.170 e. The van der Waals surface area contributed by atoms with Crippen molar-refractivity contribution in [2.45, 2.75) is 279 Å². The van der Waals surface area contributed by atoms with Crippen molar-refractivity contribution in [1.29, 1.82) is 0 Å². The van der Waals surface area contributed by atoms with Gasteiger partial charge in [-0.2, -0.15) is 26.3 Å². The van der Waals surface area contributed by atoms with E-state index in [9.17, 15) is 26.3 Å². The second-order valence-corrected chi connectivity index (χ2v) is 19.9. The Morgan fingerprint density at radius 3 is 0.693 bits per heavy atom. The average Bonchev–Trinajstić information content (AvgIpc) is 3.41. The Kier molecular flexibility index (Phi) is 69.2. The molecule has 0 radical (unpaired) electrons. The number of halogens is 6. The summed E-state index contributed by atoms with van der Waals surface area (Å²) in [5.41, 5.74) is 1.81. The van der Waals surface area contributed by atoms with Crippen LogP contribution in [0.5, 0.6) is 0 Å². The summed E-state index contributed by atoms with van der Waals surface area (Å²) in [6.07, 6.45) is -3.57. The van der Waals surface area contributed by atoms with Crippen molar-refractivity contribution in [1.82, 2.24) is 0 Å². The zero-order chi connectivity index (χ0) is 62.5. The molecule has 0 N–H and O–H groups in total. The predicted molar refractivity (Wildman–Crippen MR) is 337 cm³/mol. The molecule has 0 nitrogen and oxygen atoms in total. The summed E-state index contributed by atoms with van der Waals surface area (Å²) in [5.74, 6) is 0. The first-order valence-corrected chi connectivity index (χ1v) is 29.1. The van der Waals surface area contributed by atoms with Crippen LogP contribution in [0.25, 0.3) is 11.1 Å². The molecule has 75 heavy (non-hydrogen) atoms. The molecule has 0 bridgehead atoms. The largest absolute Gasteiger partial charge is 0.417 e. The Hall–Kier alpha value is -3.54. The van der Waals surface area contributed by atoms with Crippen LogP contribution < -0.4 is 0 Å². The van der Waals surface area contributed by atoms with Crippen LogP contribution in [0.4, 0.5) is 26.3 Å². The summed E-state index contributed by atoms with van der Waals surface area (Å²) < 4.78 is 79.0. The van der Waals surface area contributed by atoms with Crippen molar-refractivity contribution in [3.8, 4) is 11.1 Å². The van der Waals surface area contributed by atoms with E-state index in [4.69, 9.17) is 0 Å². The monoisotopic (exact) mass is 1070 g/mol. The van der Waals surface area contributed by atoms with E-state index < -0.39 is 23.3 Å². The van der Waals surface area contributed by atoms with Gasteiger partial charge in [-0.05, 0) is 69.4 Å². The maximum atomic E-state index is 13.5. The molecular weight excluding hydrogens is 943 g/mol. The van der Waals surface area contributed by atoms with E-state index in [1.807, 2.05) is 130 Å². The SMILES string of the molecule is CC.CC.CC.CC.CC.CC.CC.CC.CC(c1ccccc1)(c1ccccc1)C(F)(F)F.CCC(C)(C)C.CCC(C)(C)C.CCC(C)(C)C.CCC(C)(C)C.Cc1ccccc1-c1ccccc1C(F)(F)F. The minimum atomic E-state index is -4.34. The molecule has 0 aliphatic rings. The van der Waals surface area contributed by atoms with Crippen molar-refractivity contribution in [3.63, 3.8) is 0 Å². The van der Waals surface area contributed by atoms with Crippen LogP contribution >= 0.6 is 0 Å². The van der Waals surface area contributed by atoms with Crippen LogP contribution in [0.2, 0.25) is 0 Å². The molecule has 0 heterocycles. The van der Waals surface area contributed by atoms with E-state index in [1.165, 1.54) is 69.0 Å². The number of rotatable bonds is 3. The van der Waals surface area contributed by atoms with Gasteiger partial charge in [-0.1, -0.05) is 350 Å². The van der Waals surface area contributed by atoms with Crippen LogP contribution in [0.1, 0.15) is 276 Å². The summed E-state index contributed by atoms with van der Waals surface area (Å²) >= 11 is 0. The number of hydrogen-bond donors (Lipinski definition) is 0. The summed E-state index contributed by atoms with van der Waals surface area (Å²) in [6, 6.07) is 28.7. The summed E-state index contributed by atoms with van der Waals surface area (Å²) in [7, 11) is 0. The predicted octanol–water partition coefficient (Wildman–Crippen LogP) is 27.2. The fourth-order valence-electron chi connectivity index (χ4n) is 3.88. The van der Waals surface area contributed by atoms with Gasteiger partial charge in [-0.3, -0.25) is 0 Å². The van der Waals surface area contributed by atoms with Crippen LogP contribution in [-0.2, 0) is 11.6 Å². The highest BCUT2D eigenvalue weighted by atomic mass is 19.4. The van der Waals surface area contributed by atoms with Gasteiger partial charge in [0.1, 0.15) is 5.41 Å². The second-order valence-electron chi connectivity index (χ2n) is 19.9. The van der Waals surface area contributed by atoms with Crippen LogP contribution in [-0.4, -0.2) is 6.18 Å². The first kappa shape index (κ1) is 93.9. The lowest BCUT2D eigenvalue weighted by Crippen LogP contribution is -2.40. The van der Waals surface area contributed by atoms with Gasteiger partial charge in [0.15, 0.2) is 0 Å². The molecule has 0 fully saturated rings. The zero-order valence-corrected chi connectivity index (χ0v) is 56.0. The number of hydrogen-bond acceptors (Lipinski definition) is 0. The van der Waals surface area contributed by atoms with Gasteiger partial charge in [0.25, 0.3) is 0 Å². The van der Waals surface area contributed by atoms with Crippen molar-refractivity contribution in [3.05, 3.63) is 131 Å². The Labute approximate surface area is 467 Å². The summed E-state index contributed by atoms with van der Waals surface area (Å²) in [6.45, 7) is 70.8. The first-order chi connectivity index (χ1) is 34.7. The van der Waals surface area contributed by atoms with Gasteiger partial charge in [0, 0.05) is 0 Å². The highest BCUT2D eigenvalue weighted by Gasteiger charge is 2.53. The summed E-state index contributed by atoms with van der Waals surface area (Å²) in [4.78, 5) is 0. The third kappa shape index (κ3) is 55.0. The Morgan fingerprint density at radius 2 is 0.493 bits per heavy atom. The molecule has 0 unspecified atom stereocenters. The maximum Gasteiger partial charge on any atom is 0.417 e. The Bertz CT molecular complexity index is 1560. The lowest BCUT2D eigenvalue weighted by Gasteiger charge is -2.33. The maximum absolute atomic E-state index is 13.5. The van der Waals surface area contributed by atoms with E-state index >= 15 is 0 Å². The van der Waals surface area contributed by atoms with E-state index in [1.54, 1.807) is 54.6 Å². The van der Waals surface area contributed by atoms with Crippen LogP contribution in [0, 0.1) is 28.6 Å². The number of alkyl halides is 6. The molecule has 0 spiro atoms. The molecule has 446 valence electrons. The Morgan fingerprint density at radius 1 is 0.293 bits per heavy atom. The van der Waals surface area contributed by atoms with Gasteiger partial charge in [-0.15, -0.1) is 0 Å². The van der Waals surface area contributed by atoms with Gasteiger partial charge in [0.2, 0.25) is 0 Å². The fourth-order valence-corrected chi connectivity index (χ4v) is 3.88. The quantitative estimate of drug-likeness (QED) is 0.179. The zero-order valence-electron chi connectivity index (χ0n) is 56.0. The average molecular weight is 1070 g/mol. The molecule has 6 heteroatoms. The van der Waals surface area contributed by atoms with Crippen molar-refractivity contribution < 1.29 is 26.3 Å². The van der Waals surface area contributed by atoms with Crippen LogP contribution in [0.15, 0.2) is 109 Å². The molecule has 4 aromatic carbocycles. The van der Waals surface area contributed by atoms with Gasteiger partial charge in [0.05, 0.1) is 5.56 Å². The molecule has 0 aliphatic heterocycles. The van der Waals surface area contributed by atoms with E-state index in [0.29, 0.717) is 27.2 Å². The van der Waals surface area contributed by atoms with E-state index in [-0.39, 0.29) is 16.7 Å². The van der Waals surface area contributed by atoms with E-state index in [0.717, 1.165) is 11.6 Å². The third-order valence-corrected chi connectivity index (χ3v) is 10.2. The van der Waals surface area contributed by atoms with Crippen molar-refractivity contribution in [2.75, 3.05) is 0 Å². The van der Waals surface area contributed by atoms with Crippen molar-refractivity contribution >= 4 is 0 Å². The lowest BCUT2D eigenvalue weighted by atomic mass is 9.75. The fraction of sp³-hybridized carbons (Fsp3) is 0.652. The third-order valence-electron chi connectivity index (χ3n) is 10.2. The van der Waals surface area contributed by atoms with E-state index in [2.05, 4.69) is 111 Å². The molecule has 0 saturated carbocycles. The number of benzene rings is 4. The van der Waals surface area contributed by atoms with Gasteiger partial charge < -0.3 is 0 Å². The minimum absolute atomic E-state index is 0.234. The highest BCUT2D eigenvalue weighted by molar-refractivity contribution is 5.71. The molecule has 0 aromatic heterocycles.